The molecule has 100 valence electrons. The van der Waals surface area contributed by atoms with Crippen molar-refractivity contribution < 1.29 is 5.11 Å². The molecule has 3 heteroatoms. The summed E-state index contributed by atoms with van der Waals surface area (Å²) in [6.07, 6.45) is 0.419. The normalized spacial score (nSPS) is 12.2. The van der Waals surface area contributed by atoms with Gasteiger partial charge < -0.3 is 10.4 Å². The molecule has 0 amide bonds. The van der Waals surface area contributed by atoms with Gasteiger partial charge in [-0.05, 0) is 30.2 Å². The Hall–Kier alpha value is -1.51. The minimum absolute atomic E-state index is 0.440. The molecule has 0 bridgehead atoms. The van der Waals surface area contributed by atoms with E-state index >= 15 is 0 Å². The molecule has 0 fully saturated rings. The van der Waals surface area contributed by atoms with Crippen molar-refractivity contribution in [2.24, 2.45) is 0 Å². The molecule has 2 N–H and O–H groups in total. The molecule has 0 saturated carbocycles. The van der Waals surface area contributed by atoms with Crippen LogP contribution in [0, 0.1) is 0 Å². The number of nitrogens with one attached hydrogen (secondary N) is 1. The van der Waals surface area contributed by atoms with Crippen LogP contribution in [0.1, 0.15) is 24.2 Å². The number of hydrogen-bond donors (Lipinski definition) is 2. The van der Waals surface area contributed by atoms with Crippen molar-refractivity contribution in [3.05, 3.63) is 64.7 Å². The number of halogens is 1. The molecule has 0 saturated heterocycles. The summed E-state index contributed by atoms with van der Waals surface area (Å²) in [5.74, 6) is 0. The first-order chi connectivity index (χ1) is 9.20. The largest absolute Gasteiger partial charge is 0.387 e. The van der Waals surface area contributed by atoms with E-state index in [1.807, 2.05) is 30.3 Å². The van der Waals surface area contributed by atoms with Crippen LogP contribution in [0.15, 0.2) is 48.5 Å². The lowest BCUT2D eigenvalue weighted by molar-refractivity contribution is 0.192. The van der Waals surface area contributed by atoms with Crippen molar-refractivity contribution in [1.29, 1.82) is 0 Å². The van der Waals surface area contributed by atoms with Gasteiger partial charge in [0.15, 0.2) is 0 Å². The van der Waals surface area contributed by atoms with Gasteiger partial charge in [0, 0.05) is 22.8 Å². The van der Waals surface area contributed by atoms with E-state index in [1.54, 1.807) is 6.07 Å². The van der Waals surface area contributed by atoms with Crippen LogP contribution in [-0.2, 0) is 6.42 Å². The lowest BCUT2D eigenvalue weighted by Gasteiger charge is -2.14. The van der Waals surface area contributed by atoms with Crippen molar-refractivity contribution in [2.45, 2.75) is 19.4 Å². The minimum atomic E-state index is -0.612. The topological polar surface area (TPSA) is 32.3 Å². The van der Waals surface area contributed by atoms with Gasteiger partial charge in [-0.2, -0.15) is 0 Å². The molecule has 0 aromatic heterocycles. The molecule has 0 spiro atoms. The molecule has 1 unspecified atom stereocenters. The molecule has 2 aromatic rings. The highest BCUT2D eigenvalue weighted by molar-refractivity contribution is 6.31. The maximum Gasteiger partial charge on any atom is 0.0976 e. The number of rotatable bonds is 5. The number of hydrogen-bond acceptors (Lipinski definition) is 2. The molecule has 2 nitrogen and oxygen atoms in total. The molecule has 2 rings (SSSR count). The highest BCUT2D eigenvalue weighted by atomic mass is 35.5. The first-order valence-electron chi connectivity index (χ1n) is 6.46. The Morgan fingerprint density at radius 3 is 2.42 bits per heavy atom. The maximum atomic E-state index is 10.1. The number of aliphatic hydroxyl groups excluding tert-OH is 1. The van der Waals surface area contributed by atoms with Crippen LogP contribution in [0.5, 0.6) is 0 Å². The van der Waals surface area contributed by atoms with Gasteiger partial charge in [0.1, 0.15) is 0 Å². The molecule has 0 radical (unpaired) electrons. The number of anilines is 1. The maximum absolute atomic E-state index is 10.1. The number of aliphatic hydroxyl groups is 1. The van der Waals surface area contributed by atoms with E-state index in [4.69, 9.17) is 11.6 Å². The summed E-state index contributed by atoms with van der Waals surface area (Å²) >= 11 is 6.05. The third kappa shape index (κ3) is 3.72. The predicted molar refractivity (Wildman–Crippen MR) is 80.7 cm³/mol. The van der Waals surface area contributed by atoms with Gasteiger partial charge in [-0.25, -0.2) is 0 Å². The summed E-state index contributed by atoms with van der Waals surface area (Å²) < 4.78 is 0. The molecule has 19 heavy (non-hydrogen) atoms. The summed E-state index contributed by atoms with van der Waals surface area (Å²) in [5.41, 5.74) is 3.06. The van der Waals surface area contributed by atoms with E-state index in [2.05, 4.69) is 24.4 Å². The third-order valence-corrected chi connectivity index (χ3v) is 3.47. The van der Waals surface area contributed by atoms with Crippen molar-refractivity contribution in [3.8, 4) is 0 Å². The van der Waals surface area contributed by atoms with Crippen molar-refractivity contribution >= 4 is 17.3 Å². The Bertz CT molecular complexity index is 525. The van der Waals surface area contributed by atoms with Gasteiger partial charge in [0.05, 0.1) is 6.10 Å². The van der Waals surface area contributed by atoms with E-state index in [1.165, 1.54) is 5.56 Å². The third-order valence-electron chi connectivity index (χ3n) is 3.13. The lowest BCUT2D eigenvalue weighted by atomic mass is 10.1. The zero-order chi connectivity index (χ0) is 13.7. The van der Waals surface area contributed by atoms with Gasteiger partial charge in [-0.15, -0.1) is 0 Å². The quantitative estimate of drug-likeness (QED) is 0.863. The van der Waals surface area contributed by atoms with Crippen LogP contribution in [0.2, 0.25) is 5.02 Å². The highest BCUT2D eigenvalue weighted by Crippen LogP contribution is 2.23. The molecular weight excluding hydrogens is 258 g/mol. The standard InChI is InChI=1S/C16H18ClNO/c1-2-12-7-9-13(10-8-12)18-11-16(19)14-5-3-4-6-15(14)17/h3-10,16,18-19H,2,11H2,1H3. The Labute approximate surface area is 119 Å². The zero-order valence-corrected chi connectivity index (χ0v) is 11.7. The average molecular weight is 276 g/mol. The van der Waals surface area contributed by atoms with Gasteiger partial charge in [0.25, 0.3) is 0 Å². The average Bonchev–Trinajstić information content (AvgIpc) is 2.46. The molecule has 2 aromatic carbocycles. The second-order valence-electron chi connectivity index (χ2n) is 4.47. The van der Waals surface area contributed by atoms with Crippen LogP contribution in [-0.4, -0.2) is 11.7 Å². The second kappa shape index (κ2) is 6.60. The van der Waals surface area contributed by atoms with E-state index in [-0.39, 0.29) is 0 Å². The smallest absolute Gasteiger partial charge is 0.0976 e. The summed E-state index contributed by atoms with van der Waals surface area (Å²) in [6.45, 7) is 2.57. The summed E-state index contributed by atoms with van der Waals surface area (Å²) in [4.78, 5) is 0. The Morgan fingerprint density at radius 1 is 1.11 bits per heavy atom. The fraction of sp³-hybridized carbons (Fsp3) is 0.250. The molecule has 0 aliphatic rings. The van der Waals surface area contributed by atoms with E-state index in [0.717, 1.165) is 17.7 Å². The first-order valence-corrected chi connectivity index (χ1v) is 6.84. The van der Waals surface area contributed by atoms with E-state index < -0.39 is 6.10 Å². The fourth-order valence-electron chi connectivity index (χ4n) is 1.93. The van der Waals surface area contributed by atoms with Crippen molar-refractivity contribution in [1.82, 2.24) is 0 Å². The van der Waals surface area contributed by atoms with Crippen LogP contribution in [0.25, 0.3) is 0 Å². The van der Waals surface area contributed by atoms with Crippen LogP contribution >= 0.6 is 11.6 Å². The summed E-state index contributed by atoms with van der Waals surface area (Å²) in [6, 6.07) is 15.6. The number of aryl methyl sites for hydroxylation is 1. The highest BCUT2D eigenvalue weighted by Gasteiger charge is 2.10. The van der Waals surface area contributed by atoms with Crippen molar-refractivity contribution in [3.63, 3.8) is 0 Å². The predicted octanol–water partition coefficient (Wildman–Crippen LogP) is 4.05. The Balaban J connectivity index is 1.96. The van der Waals surface area contributed by atoms with E-state index in [9.17, 15) is 5.11 Å². The molecule has 1 atom stereocenters. The lowest BCUT2D eigenvalue weighted by Crippen LogP contribution is -2.12. The molecular formula is C16H18ClNO. The second-order valence-corrected chi connectivity index (χ2v) is 4.88. The molecule has 0 aliphatic carbocycles. The van der Waals surface area contributed by atoms with E-state index in [0.29, 0.717) is 11.6 Å². The Kier molecular flexibility index (Phi) is 4.83. The summed E-state index contributed by atoms with van der Waals surface area (Å²) in [5, 5.41) is 13.9. The van der Waals surface area contributed by atoms with Gasteiger partial charge in [0.2, 0.25) is 0 Å². The Morgan fingerprint density at radius 2 is 1.79 bits per heavy atom. The monoisotopic (exact) mass is 275 g/mol. The van der Waals surface area contributed by atoms with Crippen LogP contribution < -0.4 is 5.32 Å². The zero-order valence-electron chi connectivity index (χ0n) is 10.9. The minimum Gasteiger partial charge on any atom is -0.387 e. The van der Waals surface area contributed by atoms with Gasteiger partial charge in [-0.3, -0.25) is 0 Å². The summed E-state index contributed by atoms with van der Waals surface area (Å²) in [7, 11) is 0. The molecule has 0 aliphatic heterocycles. The van der Waals surface area contributed by atoms with Gasteiger partial charge in [-0.1, -0.05) is 48.9 Å². The fourth-order valence-corrected chi connectivity index (χ4v) is 2.19. The molecule has 0 heterocycles. The van der Waals surface area contributed by atoms with Crippen LogP contribution in [0.3, 0.4) is 0 Å². The van der Waals surface area contributed by atoms with Gasteiger partial charge >= 0.3 is 0 Å². The van der Waals surface area contributed by atoms with Crippen LogP contribution in [0.4, 0.5) is 5.69 Å². The number of benzene rings is 2. The van der Waals surface area contributed by atoms with Crippen molar-refractivity contribution in [2.75, 3.05) is 11.9 Å². The first kappa shape index (κ1) is 13.9. The SMILES string of the molecule is CCc1ccc(NCC(O)c2ccccc2Cl)cc1.